The maximum Gasteiger partial charge on any atom is 0.123 e. The van der Waals surface area contributed by atoms with Crippen LogP contribution in [0.3, 0.4) is 0 Å². The summed E-state index contributed by atoms with van der Waals surface area (Å²) in [6.45, 7) is 5.91. The zero-order valence-electron chi connectivity index (χ0n) is 18.8. The molecule has 0 spiro atoms. The van der Waals surface area contributed by atoms with Crippen LogP contribution in [0.25, 0.3) is 16.6 Å². The molecule has 5 rings (SSSR count). The molecule has 0 aliphatic carbocycles. The van der Waals surface area contributed by atoms with Gasteiger partial charge in [-0.3, -0.25) is 9.55 Å². The smallest absolute Gasteiger partial charge is 0.123 e. The summed E-state index contributed by atoms with van der Waals surface area (Å²) in [5.41, 5.74) is 5.07. The molecular weight excluding hydrogens is 396 g/mol. The normalized spacial score (nSPS) is 16.5. The van der Waals surface area contributed by atoms with Gasteiger partial charge in [-0.15, -0.1) is 10.2 Å². The van der Waals surface area contributed by atoms with Gasteiger partial charge in [0.1, 0.15) is 12.7 Å². The van der Waals surface area contributed by atoms with Gasteiger partial charge in [0.25, 0.3) is 0 Å². The minimum atomic E-state index is 0.546. The summed E-state index contributed by atoms with van der Waals surface area (Å²) in [7, 11) is 0. The van der Waals surface area contributed by atoms with Gasteiger partial charge in [-0.2, -0.15) is 0 Å². The molecular formula is C26H32N6. The second-order valence-electron chi connectivity index (χ2n) is 9.24. The standard InChI is InChI=1S/C26H32N6/c1-20(22-6-3-11-27-15-22)17-31-12-9-21(10-13-31)4-2-5-23-16-28-26-8-7-24(14-25(23)26)32-18-29-30-19-32/h3,6-8,11,14-16,18-21,28H,2,4-5,9-10,12-13,17H2,1H3. The largest absolute Gasteiger partial charge is 0.361 e. The Morgan fingerprint density at radius 3 is 2.75 bits per heavy atom. The van der Waals surface area contributed by atoms with E-state index < -0.39 is 0 Å². The molecule has 6 heteroatoms. The fourth-order valence-corrected chi connectivity index (χ4v) is 5.07. The van der Waals surface area contributed by atoms with Crippen molar-refractivity contribution in [3.8, 4) is 5.69 Å². The van der Waals surface area contributed by atoms with Crippen molar-refractivity contribution in [1.29, 1.82) is 0 Å². The Balaban J connectivity index is 1.10. The first-order valence-electron chi connectivity index (χ1n) is 11.8. The number of rotatable bonds is 8. The average molecular weight is 429 g/mol. The van der Waals surface area contributed by atoms with Crippen LogP contribution >= 0.6 is 0 Å². The molecule has 1 N–H and O–H groups in total. The fourth-order valence-electron chi connectivity index (χ4n) is 5.07. The third kappa shape index (κ3) is 4.75. The second-order valence-corrected chi connectivity index (χ2v) is 9.24. The number of benzene rings is 1. The summed E-state index contributed by atoms with van der Waals surface area (Å²) in [5, 5.41) is 9.17. The summed E-state index contributed by atoms with van der Waals surface area (Å²) in [6, 6.07) is 10.7. The van der Waals surface area contributed by atoms with Crippen molar-refractivity contribution >= 4 is 10.9 Å². The number of pyridine rings is 1. The van der Waals surface area contributed by atoms with Gasteiger partial charge in [0, 0.05) is 41.7 Å². The van der Waals surface area contributed by atoms with E-state index in [1.807, 2.05) is 23.0 Å². The van der Waals surface area contributed by atoms with E-state index in [2.05, 4.69) is 62.5 Å². The van der Waals surface area contributed by atoms with Gasteiger partial charge in [0.15, 0.2) is 0 Å². The predicted octanol–water partition coefficient (Wildman–Crippen LogP) is 4.98. The molecule has 0 bridgehead atoms. The SMILES string of the molecule is CC(CN1CCC(CCCc2c[nH]c3ccc(-n4cnnc4)cc23)CC1)c1cccnc1. The van der Waals surface area contributed by atoms with Gasteiger partial charge in [-0.25, -0.2) is 0 Å². The maximum absolute atomic E-state index is 4.27. The molecule has 0 amide bonds. The van der Waals surface area contributed by atoms with E-state index in [0.29, 0.717) is 5.92 Å². The Morgan fingerprint density at radius 1 is 1.12 bits per heavy atom. The van der Waals surface area contributed by atoms with Crippen molar-refractivity contribution < 1.29 is 0 Å². The van der Waals surface area contributed by atoms with Crippen molar-refractivity contribution in [3.05, 3.63) is 72.7 Å². The van der Waals surface area contributed by atoms with Crippen molar-refractivity contribution in [3.63, 3.8) is 0 Å². The predicted molar refractivity (Wildman–Crippen MR) is 128 cm³/mol. The van der Waals surface area contributed by atoms with E-state index in [1.54, 1.807) is 12.7 Å². The quantitative estimate of drug-likeness (QED) is 0.430. The number of piperidine rings is 1. The fraction of sp³-hybridized carbons (Fsp3) is 0.423. The molecule has 1 aliphatic heterocycles. The number of nitrogens with one attached hydrogen (secondary N) is 1. The lowest BCUT2D eigenvalue weighted by molar-refractivity contribution is 0.171. The van der Waals surface area contributed by atoms with Crippen LogP contribution in [0.5, 0.6) is 0 Å². The second kappa shape index (κ2) is 9.65. The van der Waals surface area contributed by atoms with Gasteiger partial charge in [-0.1, -0.05) is 19.4 Å². The lowest BCUT2D eigenvalue weighted by Gasteiger charge is -2.33. The van der Waals surface area contributed by atoms with Crippen molar-refractivity contribution in [2.24, 2.45) is 5.92 Å². The molecule has 1 unspecified atom stereocenters. The van der Waals surface area contributed by atoms with Gasteiger partial charge in [0.2, 0.25) is 0 Å². The molecule has 0 radical (unpaired) electrons. The van der Waals surface area contributed by atoms with E-state index >= 15 is 0 Å². The van der Waals surface area contributed by atoms with Crippen LogP contribution in [0.2, 0.25) is 0 Å². The zero-order chi connectivity index (χ0) is 21.8. The van der Waals surface area contributed by atoms with E-state index in [4.69, 9.17) is 0 Å². The maximum atomic E-state index is 4.27. The van der Waals surface area contributed by atoms with Gasteiger partial charge in [0.05, 0.1) is 0 Å². The first kappa shape index (κ1) is 20.9. The van der Waals surface area contributed by atoms with E-state index in [0.717, 1.165) is 24.6 Å². The number of likely N-dealkylation sites (tertiary alicyclic amines) is 1. The highest BCUT2D eigenvalue weighted by molar-refractivity contribution is 5.85. The molecule has 6 nitrogen and oxygen atoms in total. The van der Waals surface area contributed by atoms with Crippen LogP contribution in [-0.4, -0.2) is 49.3 Å². The highest BCUT2D eigenvalue weighted by Crippen LogP contribution is 2.27. The average Bonchev–Trinajstić information content (AvgIpc) is 3.51. The van der Waals surface area contributed by atoms with Crippen LogP contribution in [0, 0.1) is 5.92 Å². The van der Waals surface area contributed by atoms with Crippen molar-refractivity contribution in [2.75, 3.05) is 19.6 Å². The van der Waals surface area contributed by atoms with Gasteiger partial charge < -0.3 is 9.88 Å². The zero-order valence-corrected chi connectivity index (χ0v) is 18.8. The molecule has 1 aliphatic rings. The molecule has 0 saturated carbocycles. The van der Waals surface area contributed by atoms with E-state index in [1.165, 1.54) is 60.8 Å². The lowest BCUT2D eigenvalue weighted by Crippen LogP contribution is -2.36. The number of H-pyrrole nitrogens is 1. The van der Waals surface area contributed by atoms with Crippen molar-refractivity contribution in [2.45, 2.75) is 44.9 Å². The van der Waals surface area contributed by atoms with Crippen LogP contribution in [0.4, 0.5) is 0 Å². The molecule has 166 valence electrons. The summed E-state index contributed by atoms with van der Waals surface area (Å²) in [4.78, 5) is 10.3. The number of hydrogen-bond acceptors (Lipinski definition) is 4. The summed E-state index contributed by atoms with van der Waals surface area (Å²) < 4.78 is 1.96. The Hall–Kier alpha value is -2.99. The van der Waals surface area contributed by atoms with Crippen LogP contribution in [0.1, 0.15) is 49.7 Å². The topological polar surface area (TPSA) is 62.6 Å². The number of aromatic amines is 1. The number of nitrogens with zero attached hydrogens (tertiary/aromatic N) is 5. The lowest BCUT2D eigenvalue weighted by atomic mass is 9.90. The number of hydrogen-bond donors (Lipinski definition) is 1. The van der Waals surface area contributed by atoms with Crippen molar-refractivity contribution in [1.82, 2.24) is 29.6 Å². The molecule has 1 aromatic carbocycles. The Morgan fingerprint density at radius 2 is 1.97 bits per heavy atom. The molecule has 1 fully saturated rings. The highest BCUT2D eigenvalue weighted by atomic mass is 15.2. The van der Waals surface area contributed by atoms with Crippen LogP contribution < -0.4 is 0 Å². The number of fused-ring (bicyclic) bond motifs is 1. The van der Waals surface area contributed by atoms with E-state index in [-0.39, 0.29) is 0 Å². The third-order valence-electron chi connectivity index (χ3n) is 7.02. The molecule has 3 aromatic heterocycles. The highest BCUT2D eigenvalue weighted by Gasteiger charge is 2.21. The Kier molecular flexibility index (Phi) is 6.30. The molecule has 1 atom stereocenters. The third-order valence-corrected chi connectivity index (χ3v) is 7.02. The number of aryl methyl sites for hydroxylation is 1. The molecule has 4 aromatic rings. The summed E-state index contributed by atoms with van der Waals surface area (Å²) in [5.74, 6) is 1.41. The van der Waals surface area contributed by atoms with Gasteiger partial charge in [-0.05, 0) is 86.0 Å². The molecule has 1 saturated heterocycles. The van der Waals surface area contributed by atoms with Crippen LogP contribution in [-0.2, 0) is 6.42 Å². The first-order valence-corrected chi connectivity index (χ1v) is 11.8. The Labute approximate surface area is 189 Å². The molecule has 32 heavy (non-hydrogen) atoms. The Bertz CT molecular complexity index is 1110. The number of aromatic nitrogens is 5. The van der Waals surface area contributed by atoms with E-state index in [9.17, 15) is 0 Å². The van der Waals surface area contributed by atoms with Crippen LogP contribution in [0.15, 0.2) is 61.6 Å². The minimum Gasteiger partial charge on any atom is -0.361 e. The molecule has 4 heterocycles. The summed E-state index contributed by atoms with van der Waals surface area (Å²) in [6.07, 6.45) is 15.9. The first-order chi connectivity index (χ1) is 15.8. The minimum absolute atomic E-state index is 0.546. The monoisotopic (exact) mass is 428 g/mol. The summed E-state index contributed by atoms with van der Waals surface area (Å²) >= 11 is 0. The van der Waals surface area contributed by atoms with Gasteiger partial charge >= 0.3 is 0 Å².